The zero-order chi connectivity index (χ0) is 15.0. The van der Waals surface area contributed by atoms with Crippen molar-refractivity contribution in [2.75, 3.05) is 11.9 Å². The molecule has 0 spiro atoms. The Labute approximate surface area is 131 Å². The Balaban J connectivity index is 2.37. The Kier molecular flexibility index (Phi) is 7.28. The van der Waals surface area contributed by atoms with Crippen LogP contribution in [-0.2, 0) is 5.41 Å². The van der Waals surface area contributed by atoms with Gasteiger partial charge in [0.1, 0.15) is 0 Å². The van der Waals surface area contributed by atoms with Crippen LogP contribution in [0.5, 0.6) is 0 Å². The van der Waals surface area contributed by atoms with E-state index in [9.17, 15) is 4.79 Å². The summed E-state index contributed by atoms with van der Waals surface area (Å²) in [6.45, 7) is 7.29. The van der Waals surface area contributed by atoms with Gasteiger partial charge in [-0.15, -0.1) is 0 Å². The standard InChI is InChI=1S/C17H26BrNO/c1-17(2,3)15-10-8-14(9-11-15)16(20)19-13-7-5-4-6-12-18/h8-11H,4-7,12-13H2,1-3H3,(H,19,20). The molecule has 1 amide bonds. The molecule has 0 unspecified atom stereocenters. The number of benzene rings is 1. The molecule has 0 saturated heterocycles. The van der Waals surface area contributed by atoms with Gasteiger partial charge in [0.25, 0.3) is 5.91 Å². The van der Waals surface area contributed by atoms with Gasteiger partial charge in [0.2, 0.25) is 0 Å². The van der Waals surface area contributed by atoms with Gasteiger partial charge in [0.05, 0.1) is 0 Å². The molecule has 1 aromatic carbocycles. The Bertz CT molecular complexity index is 406. The van der Waals surface area contributed by atoms with E-state index in [1.165, 1.54) is 24.8 Å². The summed E-state index contributed by atoms with van der Waals surface area (Å²) in [5.74, 6) is 0.0333. The van der Waals surface area contributed by atoms with Gasteiger partial charge in [-0.2, -0.15) is 0 Å². The summed E-state index contributed by atoms with van der Waals surface area (Å²) >= 11 is 3.42. The van der Waals surface area contributed by atoms with Crippen molar-refractivity contribution in [3.8, 4) is 0 Å². The summed E-state index contributed by atoms with van der Waals surface area (Å²) in [4.78, 5) is 12.0. The first kappa shape index (κ1) is 17.2. The van der Waals surface area contributed by atoms with Crippen molar-refractivity contribution < 1.29 is 4.79 Å². The maximum absolute atomic E-state index is 12.0. The normalized spacial score (nSPS) is 11.4. The van der Waals surface area contributed by atoms with Crippen molar-refractivity contribution in [1.29, 1.82) is 0 Å². The summed E-state index contributed by atoms with van der Waals surface area (Å²) in [6.07, 6.45) is 4.66. The summed E-state index contributed by atoms with van der Waals surface area (Å²) in [6, 6.07) is 7.93. The van der Waals surface area contributed by atoms with Crippen molar-refractivity contribution in [2.24, 2.45) is 0 Å². The molecule has 3 heteroatoms. The molecular weight excluding hydrogens is 314 g/mol. The van der Waals surface area contributed by atoms with Crippen molar-refractivity contribution in [1.82, 2.24) is 5.32 Å². The quantitative estimate of drug-likeness (QED) is 0.567. The van der Waals surface area contributed by atoms with E-state index >= 15 is 0 Å². The Morgan fingerprint density at radius 3 is 2.20 bits per heavy atom. The zero-order valence-corrected chi connectivity index (χ0v) is 14.4. The molecule has 0 saturated carbocycles. The fourth-order valence-electron chi connectivity index (χ4n) is 2.00. The summed E-state index contributed by atoms with van der Waals surface area (Å²) in [7, 11) is 0. The van der Waals surface area contributed by atoms with E-state index in [0.717, 1.165) is 23.9 Å². The lowest BCUT2D eigenvalue weighted by molar-refractivity contribution is 0.0953. The van der Waals surface area contributed by atoms with Crippen LogP contribution in [-0.4, -0.2) is 17.8 Å². The molecule has 112 valence electrons. The van der Waals surface area contributed by atoms with Gasteiger partial charge in [-0.05, 0) is 36.0 Å². The second kappa shape index (κ2) is 8.46. The van der Waals surface area contributed by atoms with Gasteiger partial charge in [-0.25, -0.2) is 0 Å². The molecule has 0 aliphatic rings. The molecule has 1 rings (SSSR count). The van der Waals surface area contributed by atoms with Gasteiger partial charge < -0.3 is 5.32 Å². The van der Waals surface area contributed by atoms with Crippen LogP contribution in [0.4, 0.5) is 0 Å². The number of hydrogen-bond acceptors (Lipinski definition) is 1. The van der Waals surface area contributed by atoms with Gasteiger partial charge in [-0.1, -0.05) is 61.7 Å². The molecule has 0 aromatic heterocycles. The van der Waals surface area contributed by atoms with Crippen molar-refractivity contribution >= 4 is 21.8 Å². The SMILES string of the molecule is CC(C)(C)c1ccc(C(=O)NCCCCCCBr)cc1. The van der Waals surface area contributed by atoms with Crippen LogP contribution >= 0.6 is 15.9 Å². The third-order valence-electron chi connectivity index (χ3n) is 3.36. The van der Waals surface area contributed by atoms with E-state index in [4.69, 9.17) is 0 Å². The molecule has 1 aromatic rings. The average Bonchev–Trinajstić information content (AvgIpc) is 2.41. The number of carbonyl (C=O) groups is 1. The van der Waals surface area contributed by atoms with Crippen molar-refractivity contribution in [3.05, 3.63) is 35.4 Å². The van der Waals surface area contributed by atoms with Crippen LogP contribution in [0.2, 0.25) is 0 Å². The van der Waals surface area contributed by atoms with Gasteiger partial charge >= 0.3 is 0 Å². The first-order valence-corrected chi connectivity index (χ1v) is 8.52. The molecule has 0 aliphatic heterocycles. The van der Waals surface area contributed by atoms with Crippen LogP contribution in [0.25, 0.3) is 0 Å². The molecule has 0 bridgehead atoms. The van der Waals surface area contributed by atoms with Crippen LogP contribution in [0, 0.1) is 0 Å². The highest BCUT2D eigenvalue weighted by Crippen LogP contribution is 2.22. The highest BCUT2D eigenvalue weighted by atomic mass is 79.9. The van der Waals surface area contributed by atoms with Gasteiger partial charge in [0, 0.05) is 17.4 Å². The highest BCUT2D eigenvalue weighted by Gasteiger charge is 2.14. The van der Waals surface area contributed by atoms with Crippen molar-refractivity contribution in [2.45, 2.75) is 51.9 Å². The van der Waals surface area contributed by atoms with Crippen LogP contribution in [0.1, 0.15) is 62.4 Å². The van der Waals surface area contributed by atoms with E-state index < -0.39 is 0 Å². The first-order valence-electron chi connectivity index (χ1n) is 7.40. The number of hydrogen-bond donors (Lipinski definition) is 1. The predicted octanol–water partition coefficient (Wildman–Crippen LogP) is 4.67. The molecular formula is C17H26BrNO. The second-order valence-electron chi connectivity index (χ2n) is 6.19. The maximum atomic E-state index is 12.0. The summed E-state index contributed by atoms with van der Waals surface area (Å²) in [5.41, 5.74) is 2.13. The largest absolute Gasteiger partial charge is 0.352 e. The van der Waals surface area contributed by atoms with Crippen LogP contribution in [0.3, 0.4) is 0 Å². The topological polar surface area (TPSA) is 29.1 Å². The van der Waals surface area contributed by atoms with Gasteiger partial charge in [-0.3, -0.25) is 4.79 Å². The lowest BCUT2D eigenvalue weighted by atomic mass is 9.87. The Morgan fingerprint density at radius 2 is 1.65 bits per heavy atom. The molecule has 0 aliphatic carbocycles. The summed E-state index contributed by atoms with van der Waals surface area (Å²) in [5, 5.41) is 4.05. The maximum Gasteiger partial charge on any atom is 0.251 e. The smallest absolute Gasteiger partial charge is 0.251 e. The fourth-order valence-corrected chi connectivity index (χ4v) is 2.40. The molecule has 0 fully saturated rings. The monoisotopic (exact) mass is 339 g/mol. The minimum Gasteiger partial charge on any atom is -0.352 e. The Hall–Kier alpha value is -0.830. The molecule has 2 nitrogen and oxygen atoms in total. The van der Waals surface area contributed by atoms with E-state index in [0.29, 0.717) is 0 Å². The lowest BCUT2D eigenvalue weighted by Gasteiger charge is -2.19. The number of amides is 1. The number of alkyl halides is 1. The predicted molar refractivity (Wildman–Crippen MR) is 89.7 cm³/mol. The number of unbranched alkanes of at least 4 members (excludes halogenated alkanes) is 3. The van der Waals surface area contributed by atoms with Crippen LogP contribution in [0.15, 0.2) is 24.3 Å². The first-order chi connectivity index (χ1) is 9.45. The lowest BCUT2D eigenvalue weighted by Crippen LogP contribution is -2.24. The highest BCUT2D eigenvalue weighted by molar-refractivity contribution is 9.09. The second-order valence-corrected chi connectivity index (χ2v) is 6.98. The number of halogens is 1. The van der Waals surface area contributed by atoms with E-state index in [1.54, 1.807) is 0 Å². The third kappa shape index (κ3) is 6.08. The van der Waals surface area contributed by atoms with Gasteiger partial charge in [0.15, 0.2) is 0 Å². The summed E-state index contributed by atoms with van der Waals surface area (Å²) < 4.78 is 0. The number of carbonyl (C=O) groups excluding carboxylic acids is 1. The van der Waals surface area contributed by atoms with E-state index in [1.807, 2.05) is 24.3 Å². The van der Waals surface area contributed by atoms with Crippen LogP contribution < -0.4 is 5.32 Å². The zero-order valence-electron chi connectivity index (χ0n) is 12.8. The Morgan fingerprint density at radius 1 is 1.05 bits per heavy atom. The van der Waals surface area contributed by atoms with E-state index in [2.05, 4.69) is 42.0 Å². The van der Waals surface area contributed by atoms with E-state index in [-0.39, 0.29) is 11.3 Å². The fraction of sp³-hybridized carbons (Fsp3) is 0.588. The minimum atomic E-state index is 0.0333. The van der Waals surface area contributed by atoms with Crippen molar-refractivity contribution in [3.63, 3.8) is 0 Å². The third-order valence-corrected chi connectivity index (χ3v) is 3.92. The molecule has 0 heterocycles. The molecule has 20 heavy (non-hydrogen) atoms. The molecule has 1 N–H and O–H groups in total. The number of nitrogens with one attached hydrogen (secondary N) is 1. The molecule has 0 radical (unpaired) electrons. The number of rotatable bonds is 7. The average molecular weight is 340 g/mol. The minimum absolute atomic E-state index is 0.0333. The molecule has 0 atom stereocenters.